The lowest BCUT2D eigenvalue weighted by molar-refractivity contribution is 0.232. The van der Waals surface area contributed by atoms with E-state index in [9.17, 15) is 13.6 Å². The first-order valence-electron chi connectivity index (χ1n) is 8.56. The molecule has 8 heteroatoms. The van der Waals surface area contributed by atoms with Gasteiger partial charge in [0.25, 0.3) is 0 Å². The first-order valence-corrected chi connectivity index (χ1v) is 8.56. The number of benzene rings is 2. The van der Waals surface area contributed by atoms with Crippen LogP contribution in [0.3, 0.4) is 0 Å². The zero-order valence-electron chi connectivity index (χ0n) is 15.2. The Kier molecular flexibility index (Phi) is 4.38. The number of nitrogens with zero attached hydrogens (tertiary/aromatic N) is 3. The van der Waals surface area contributed by atoms with E-state index in [4.69, 9.17) is 4.52 Å². The fourth-order valence-electron chi connectivity index (χ4n) is 3.07. The Balaban J connectivity index is 1.58. The van der Waals surface area contributed by atoms with Crippen LogP contribution in [0.25, 0.3) is 11.0 Å². The number of fused-ring (bicyclic) bond motifs is 1. The van der Waals surface area contributed by atoms with Crippen molar-refractivity contribution >= 4 is 28.4 Å². The summed E-state index contributed by atoms with van der Waals surface area (Å²) in [6.07, 6.45) is 2.91. The van der Waals surface area contributed by atoms with Crippen LogP contribution >= 0.6 is 0 Å². The van der Waals surface area contributed by atoms with Crippen LogP contribution in [-0.4, -0.2) is 28.3 Å². The maximum absolute atomic E-state index is 13.8. The third-order valence-electron chi connectivity index (χ3n) is 4.56. The van der Waals surface area contributed by atoms with Crippen molar-refractivity contribution < 1.29 is 18.1 Å². The number of para-hydroxylation sites is 1. The number of carbonyl (C=O) groups excluding carboxylic acids is 1. The molecule has 0 spiro atoms. The first-order chi connectivity index (χ1) is 13.4. The van der Waals surface area contributed by atoms with E-state index in [2.05, 4.69) is 15.5 Å². The van der Waals surface area contributed by atoms with Crippen molar-refractivity contribution in [2.75, 3.05) is 11.9 Å². The minimum Gasteiger partial charge on any atom is -0.356 e. The van der Waals surface area contributed by atoms with Gasteiger partial charge in [-0.15, -0.1) is 0 Å². The van der Waals surface area contributed by atoms with Crippen molar-refractivity contribution in [2.24, 2.45) is 4.99 Å². The first kappa shape index (κ1) is 17.8. The van der Waals surface area contributed by atoms with Crippen LogP contribution in [-0.2, 0) is 0 Å². The number of halogens is 2. The molecule has 2 aromatic carbocycles. The Morgan fingerprint density at radius 2 is 1.96 bits per heavy atom. The van der Waals surface area contributed by atoms with Gasteiger partial charge in [0.05, 0.1) is 18.0 Å². The highest BCUT2D eigenvalue weighted by Gasteiger charge is 2.22. The molecule has 4 rings (SSSR count). The van der Waals surface area contributed by atoms with Gasteiger partial charge >= 0.3 is 6.03 Å². The number of aliphatic imine (C=N–C) groups is 1. The zero-order chi connectivity index (χ0) is 19.8. The standard InChI is InChI=1S/C20H16F2N4O2/c1-11-8-14-12(2)25-28-18(14)9-13(11)17-10-26(7-6-23-17)20(27)24-19-15(21)4-3-5-16(19)22/h3-9H,10H2,1-2H3,(H,24,27). The molecule has 142 valence electrons. The van der Waals surface area contributed by atoms with Crippen LogP contribution < -0.4 is 5.32 Å². The fourth-order valence-corrected chi connectivity index (χ4v) is 3.07. The van der Waals surface area contributed by atoms with Gasteiger partial charge in [0, 0.05) is 23.3 Å². The summed E-state index contributed by atoms with van der Waals surface area (Å²) in [7, 11) is 0. The number of aryl methyl sites for hydroxylation is 2. The van der Waals surface area contributed by atoms with Crippen LogP contribution in [0, 0.1) is 25.5 Å². The van der Waals surface area contributed by atoms with Crippen LogP contribution in [0.1, 0.15) is 16.8 Å². The maximum atomic E-state index is 13.8. The Hall–Kier alpha value is -3.55. The van der Waals surface area contributed by atoms with E-state index in [1.165, 1.54) is 23.4 Å². The van der Waals surface area contributed by atoms with Crippen molar-refractivity contribution in [3.8, 4) is 0 Å². The minimum atomic E-state index is -0.842. The minimum absolute atomic E-state index is 0.137. The Bertz CT molecular complexity index is 1130. The maximum Gasteiger partial charge on any atom is 0.326 e. The summed E-state index contributed by atoms with van der Waals surface area (Å²) in [6.45, 7) is 3.93. The molecule has 1 aliphatic heterocycles. The second-order valence-corrected chi connectivity index (χ2v) is 6.46. The average Bonchev–Trinajstić information content (AvgIpc) is 3.04. The molecule has 0 radical (unpaired) electrons. The summed E-state index contributed by atoms with van der Waals surface area (Å²) in [4.78, 5) is 18.1. The lowest BCUT2D eigenvalue weighted by Crippen LogP contribution is -2.37. The molecule has 2 heterocycles. The molecule has 0 unspecified atom stereocenters. The monoisotopic (exact) mass is 382 g/mol. The van der Waals surface area contributed by atoms with Crippen molar-refractivity contribution in [2.45, 2.75) is 13.8 Å². The predicted octanol–water partition coefficient (Wildman–Crippen LogP) is 4.53. The fraction of sp³-hybridized carbons (Fsp3) is 0.150. The van der Waals surface area contributed by atoms with Crippen molar-refractivity contribution in [1.82, 2.24) is 10.1 Å². The molecular formula is C20H16F2N4O2. The van der Waals surface area contributed by atoms with Gasteiger partial charge in [0.1, 0.15) is 17.3 Å². The number of anilines is 1. The SMILES string of the molecule is Cc1cc2c(C)noc2cc1C1=NC=CN(C(=O)Nc2c(F)cccc2F)C1. The van der Waals surface area contributed by atoms with Crippen LogP contribution in [0.5, 0.6) is 0 Å². The van der Waals surface area contributed by atoms with Gasteiger partial charge in [-0.3, -0.25) is 9.89 Å². The molecule has 1 aliphatic rings. The number of carbonyl (C=O) groups is 1. The molecule has 1 N–H and O–H groups in total. The van der Waals surface area contributed by atoms with Crippen LogP contribution in [0.15, 0.2) is 52.2 Å². The molecule has 6 nitrogen and oxygen atoms in total. The number of amides is 2. The topological polar surface area (TPSA) is 70.7 Å². The van der Waals surface area contributed by atoms with Crippen molar-refractivity contribution in [1.29, 1.82) is 0 Å². The number of rotatable bonds is 2. The highest BCUT2D eigenvalue weighted by atomic mass is 19.1. The molecule has 1 aromatic heterocycles. The molecule has 0 fully saturated rings. The summed E-state index contributed by atoms with van der Waals surface area (Å²) in [6, 6.07) is 6.51. The van der Waals surface area contributed by atoms with Crippen molar-refractivity contribution in [3.05, 3.63) is 71.2 Å². The van der Waals surface area contributed by atoms with E-state index < -0.39 is 23.4 Å². The smallest absolute Gasteiger partial charge is 0.326 e. The van der Waals surface area contributed by atoms with E-state index in [1.807, 2.05) is 26.0 Å². The van der Waals surface area contributed by atoms with E-state index in [1.54, 1.807) is 0 Å². The van der Waals surface area contributed by atoms with E-state index in [0.717, 1.165) is 34.3 Å². The van der Waals surface area contributed by atoms with E-state index in [-0.39, 0.29) is 6.54 Å². The van der Waals surface area contributed by atoms with Crippen molar-refractivity contribution in [3.63, 3.8) is 0 Å². The van der Waals surface area contributed by atoms with E-state index in [0.29, 0.717) is 11.3 Å². The van der Waals surface area contributed by atoms with Gasteiger partial charge in [-0.25, -0.2) is 13.6 Å². The molecule has 0 atom stereocenters. The Morgan fingerprint density at radius 3 is 2.71 bits per heavy atom. The lowest BCUT2D eigenvalue weighted by atomic mass is 10.0. The average molecular weight is 382 g/mol. The molecule has 3 aromatic rings. The summed E-state index contributed by atoms with van der Waals surface area (Å²) < 4.78 is 32.9. The quantitative estimate of drug-likeness (QED) is 0.708. The number of aromatic nitrogens is 1. The highest BCUT2D eigenvalue weighted by Crippen LogP contribution is 2.24. The summed E-state index contributed by atoms with van der Waals surface area (Å²) in [5.41, 5.74) is 3.32. The van der Waals surface area contributed by atoms with Gasteiger partial charge in [0.2, 0.25) is 0 Å². The van der Waals surface area contributed by atoms with Crippen LogP contribution in [0.2, 0.25) is 0 Å². The normalized spacial score (nSPS) is 13.7. The molecule has 28 heavy (non-hydrogen) atoms. The largest absolute Gasteiger partial charge is 0.356 e. The molecule has 0 aliphatic carbocycles. The van der Waals surface area contributed by atoms with Gasteiger partial charge < -0.3 is 9.84 Å². The van der Waals surface area contributed by atoms with Crippen LogP contribution in [0.4, 0.5) is 19.3 Å². The number of hydrogen-bond donors (Lipinski definition) is 1. The molecule has 0 saturated heterocycles. The molecular weight excluding hydrogens is 366 g/mol. The summed E-state index contributed by atoms with van der Waals surface area (Å²) in [5.74, 6) is -1.68. The van der Waals surface area contributed by atoms with Gasteiger partial charge in [-0.1, -0.05) is 11.2 Å². The lowest BCUT2D eigenvalue weighted by Gasteiger charge is -2.23. The number of urea groups is 1. The summed E-state index contributed by atoms with van der Waals surface area (Å²) >= 11 is 0. The molecule has 2 amide bonds. The van der Waals surface area contributed by atoms with Gasteiger partial charge in [0.15, 0.2) is 5.58 Å². The van der Waals surface area contributed by atoms with Gasteiger partial charge in [-0.05, 0) is 43.7 Å². The van der Waals surface area contributed by atoms with E-state index >= 15 is 0 Å². The highest BCUT2D eigenvalue weighted by molar-refractivity contribution is 6.08. The predicted molar refractivity (Wildman–Crippen MR) is 101 cm³/mol. The third-order valence-corrected chi connectivity index (χ3v) is 4.56. The summed E-state index contributed by atoms with van der Waals surface area (Å²) in [5, 5.41) is 7.14. The molecule has 0 bridgehead atoms. The zero-order valence-corrected chi connectivity index (χ0v) is 15.2. The number of hydrogen-bond acceptors (Lipinski definition) is 4. The number of nitrogens with one attached hydrogen (secondary N) is 1. The third kappa shape index (κ3) is 3.13. The molecule has 0 saturated carbocycles. The van der Waals surface area contributed by atoms with Gasteiger partial charge in [-0.2, -0.15) is 0 Å². The second-order valence-electron chi connectivity index (χ2n) is 6.46. The Labute approximate surface area is 159 Å². The Morgan fingerprint density at radius 1 is 1.21 bits per heavy atom. The second kappa shape index (κ2) is 6.88.